The molecule has 1 unspecified atom stereocenters. The summed E-state index contributed by atoms with van der Waals surface area (Å²) in [7, 11) is 0. The second-order valence-corrected chi connectivity index (χ2v) is 8.44. The molecule has 32 heavy (non-hydrogen) atoms. The van der Waals surface area contributed by atoms with Gasteiger partial charge < -0.3 is 18.8 Å². The predicted octanol–water partition coefficient (Wildman–Crippen LogP) is 5.11. The number of hydrogen-bond donors (Lipinski definition) is 0. The Morgan fingerprint density at radius 2 is 1.94 bits per heavy atom. The van der Waals surface area contributed by atoms with E-state index in [0.29, 0.717) is 34.2 Å². The Kier molecular flexibility index (Phi) is 3.94. The first-order valence-corrected chi connectivity index (χ1v) is 10.4. The fraction of sp³-hybridized carbons (Fsp3) is 0.261. The van der Waals surface area contributed by atoms with Crippen molar-refractivity contribution in [1.82, 2.24) is 0 Å². The van der Waals surface area contributed by atoms with Gasteiger partial charge in [0.05, 0.1) is 18.8 Å². The molecule has 9 heteroatoms. The van der Waals surface area contributed by atoms with Gasteiger partial charge in [-0.25, -0.2) is 0 Å². The van der Waals surface area contributed by atoms with E-state index in [2.05, 4.69) is 0 Å². The number of ether oxygens (including phenoxy) is 2. The number of amides is 1. The summed E-state index contributed by atoms with van der Waals surface area (Å²) in [4.78, 5) is 15.3. The summed E-state index contributed by atoms with van der Waals surface area (Å²) in [5.74, 6) is -0.120. The highest BCUT2D eigenvalue weighted by atomic mass is 35.5. The Morgan fingerprint density at radius 3 is 2.72 bits per heavy atom. The van der Waals surface area contributed by atoms with Crippen molar-refractivity contribution in [2.24, 2.45) is 0 Å². The number of anilines is 1. The van der Waals surface area contributed by atoms with Crippen LogP contribution in [0, 0.1) is 0 Å². The predicted molar refractivity (Wildman–Crippen MR) is 108 cm³/mol. The van der Waals surface area contributed by atoms with Gasteiger partial charge in [-0.15, -0.1) is 0 Å². The third-order valence-corrected chi connectivity index (χ3v) is 6.59. The minimum Gasteiger partial charge on any atom is -0.493 e. The van der Waals surface area contributed by atoms with Crippen LogP contribution in [-0.2, 0) is 29.4 Å². The van der Waals surface area contributed by atoms with Gasteiger partial charge in [-0.05, 0) is 35.9 Å². The van der Waals surface area contributed by atoms with Crippen molar-refractivity contribution in [1.29, 1.82) is 0 Å². The zero-order chi connectivity index (χ0) is 22.3. The molecule has 2 aromatic carbocycles. The van der Waals surface area contributed by atoms with Crippen LogP contribution in [0.4, 0.5) is 18.9 Å². The van der Waals surface area contributed by atoms with E-state index in [9.17, 15) is 18.0 Å². The zero-order valence-corrected chi connectivity index (χ0v) is 17.2. The van der Waals surface area contributed by atoms with Gasteiger partial charge in [0.15, 0.2) is 0 Å². The third-order valence-electron chi connectivity index (χ3n) is 6.27. The van der Waals surface area contributed by atoms with Gasteiger partial charge in [0.1, 0.15) is 29.3 Å². The Balaban J connectivity index is 1.48. The van der Waals surface area contributed by atoms with Crippen molar-refractivity contribution in [3.8, 4) is 11.5 Å². The average Bonchev–Trinajstić information content (AvgIpc) is 3.51. The van der Waals surface area contributed by atoms with Crippen LogP contribution < -0.4 is 14.4 Å². The van der Waals surface area contributed by atoms with Crippen molar-refractivity contribution in [3.05, 3.63) is 75.7 Å². The Morgan fingerprint density at radius 1 is 1.09 bits per heavy atom. The number of hydrogen-bond acceptors (Lipinski definition) is 4. The molecule has 0 fully saturated rings. The van der Waals surface area contributed by atoms with E-state index < -0.39 is 17.4 Å². The molecule has 1 spiro atoms. The van der Waals surface area contributed by atoms with Crippen molar-refractivity contribution in [2.45, 2.75) is 24.6 Å². The number of nitrogens with zero attached hydrogens (tertiary/aromatic N) is 1. The van der Waals surface area contributed by atoms with Crippen molar-refractivity contribution in [2.75, 3.05) is 18.1 Å². The number of benzene rings is 2. The maximum absolute atomic E-state index is 13.9. The molecule has 3 aliphatic heterocycles. The number of carbonyl (C=O) groups is 1. The highest BCUT2D eigenvalue weighted by molar-refractivity contribution is 6.33. The monoisotopic (exact) mass is 461 g/mol. The van der Waals surface area contributed by atoms with Crippen LogP contribution in [0.5, 0.6) is 11.5 Å². The van der Waals surface area contributed by atoms with Crippen LogP contribution >= 0.6 is 11.6 Å². The highest BCUT2D eigenvalue weighted by Gasteiger charge is 2.58. The quantitative estimate of drug-likeness (QED) is 0.532. The largest absolute Gasteiger partial charge is 0.493 e. The summed E-state index contributed by atoms with van der Waals surface area (Å²) in [6, 6.07) is 10.9. The Labute approximate surface area is 185 Å². The molecule has 0 saturated carbocycles. The van der Waals surface area contributed by atoms with Crippen LogP contribution in [-0.4, -0.2) is 19.1 Å². The van der Waals surface area contributed by atoms with Gasteiger partial charge in [0.2, 0.25) is 11.7 Å². The first kappa shape index (κ1) is 19.5. The molecular formula is C23H15ClF3NO4. The summed E-state index contributed by atoms with van der Waals surface area (Å²) in [6.07, 6.45) is -3.88. The lowest BCUT2D eigenvalue weighted by Crippen LogP contribution is -2.42. The topological polar surface area (TPSA) is 51.9 Å². The number of alkyl halides is 3. The summed E-state index contributed by atoms with van der Waals surface area (Å²) in [5.41, 5.74) is 1.61. The zero-order valence-electron chi connectivity index (χ0n) is 16.5. The smallest absolute Gasteiger partial charge is 0.449 e. The lowest BCUT2D eigenvalue weighted by atomic mass is 9.76. The van der Waals surface area contributed by atoms with Crippen LogP contribution in [0.15, 0.2) is 46.9 Å². The molecule has 5 nitrogen and oxygen atoms in total. The van der Waals surface area contributed by atoms with Crippen LogP contribution in [0.1, 0.15) is 28.2 Å². The molecule has 0 aliphatic carbocycles. The average molecular weight is 462 g/mol. The summed E-state index contributed by atoms with van der Waals surface area (Å²) in [5, 5.41) is 0.391. The van der Waals surface area contributed by atoms with Crippen LogP contribution in [0.2, 0.25) is 5.02 Å². The first-order valence-electron chi connectivity index (χ1n) is 9.99. The highest BCUT2D eigenvalue weighted by Crippen LogP contribution is 2.56. The van der Waals surface area contributed by atoms with E-state index in [1.165, 1.54) is 11.0 Å². The molecule has 164 valence electrons. The van der Waals surface area contributed by atoms with Crippen LogP contribution in [0.3, 0.4) is 0 Å². The van der Waals surface area contributed by atoms with Crippen molar-refractivity contribution in [3.63, 3.8) is 0 Å². The summed E-state index contributed by atoms with van der Waals surface area (Å²) >= 11 is 6.59. The Bertz CT molecular complexity index is 1280. The van der Waals surface area contributed by atoms with E-state index in [-0.39, 0.29) is 24.8 Å². The van der Waals surface area contributed by atoms with Gasteiger partial charge in [-0.2, -0.15) is 13.2 Å². The van der Waals surface area contributed by atoms with E-state index in [4.69, 9.17) is 25.5 Å². The minimum absolute atomic E-state index is 0.0233. The molecule has 4 heterocycles. The first-order chi connectivity index (χ1) is 15.3. The molecule has 3 aromatic rings. The molecule has 3 aliphatic rings. The number of rotatable bonds is 2. The maximum Gasteiger partial charge on any atom is 0.449 e. The second kappa shape index (κ2) is 6.45. The summed E-state index contributed by atoms with van der Waals surface area (Å²) in [6.45, 7) is 0.444. The van der Waals surface area contributed by atoms with Crippen molar-refractivity contribution < 1.29 is 31.9 Å². The Hall–Kier alpha value is -3.13. The molecular weight excluding hydrogens is 447 g/mol. The fourth-order valence-electron chi connectivity index (χ4n) is 4.84. The third kappa shape index (κ3) is 2.56. The molecule has 1 aromatic heterocycles. The fourth-order valence-corrected chi connectivity index (χ4v) is 5.17. The molecule has 1 amide bonds. The number of halogens is 4. The molecule has 0 N–H and O–H groups in total. The van der Waals surface area contributed by atoms with Gasteiger partial charge in [0, 0.05) is 28.6 Å². The van der Waals surface area contributed by atoms with Crippen molar-refractivity contribution >= 4 is 23.2 Å². The molecule has 0 saturated heterocycles. The minimum atomic E-state index is -4.60. The van der Waals surface area contributed by atoms with Gasteiger partial charge >= 0.3 is 6.18 Å². The van der Waals surface area contributed by atoms with Gasteiger partial charge in [0.25, 0.3) is 0 Å². The van der Waals surface area contributed by atoms with E-state index in [0.717, 1.165) is 23.8 Å². The van der Waals surface area contributed by atoms with E-state index in [1.807, 2.05) is 6.07 Å². The lowest BCUT2D eigenvalue weighted by molar-refractivity contribution is -0.153. The number of carbonyl (C=O) groups excluding carboxylic acids is 1. The van der Waals surface area contributed by atoms with Gasteiger partial charge in [-0.1, -0.05) is 17.7 Å². The summed E-state index contributed by atoms with van der Waals surface area (Å²) < 4.78 is 55.5. The number of furan rings is 1. The SMILES string of the molecule is O=C1N(Cc2ccc(C(F)(F)F)o2)c2cccc(Cl)c2C12COc1cc3c(cc12)CCO3. The van der Waals surface area contributed by atoms with E-state index >= 15 is 0 Å². The van der Waals surface area contributed by atoms with E-state index in [1.54, 1.807) is 24.3 Å². The standard InChI is InChI=1S/C23H15ClF3NO4/c24-15-2-1-3-16-20(15)22(11-31-18-9-17-12(6-7-30-17)8-14(18)22)21(29)28(16)10-13-4-5-19(32-13)23(25,26)27/h1-5,8-9H,6-7,10-11H2. The number of fused-ring (bicyclic) bond motifs is 5. The van der Waals surface area contributed by atoms with Crippen LogP contribution in [0.25, 0.3) is 0 Å². The molecule has 1 atom stereocenters. The lowest BCUT2D eigenvalue weighted by Gasteiger charge is -2.23. The normalized spacial score (nSPS) is 20.9. The van der Waals surface area contributed by atoms with Gasteiger partial charge in [-0.3, -0.25) is 4.79 Å². The maximum atomic E-state index is 13.9. The molecule has 6 rings (SSSR count). The second-order valence-electron chi connectivity index (χ2n) is 8.04. The molecule has 0 radical (unpaired) electrons. The molecule has 0 bridgehead atoms.